The Morgan fingerprint density at radius 3 is 2.17 bits per heavy atom. The maximum absolute atomic E-state index is 14.1. The van der Waals surface area contributed by atoms with Crippen molar-refractivity contribution in [2.24, 2.45) is 5.41 Å². The van der Waals surface area contributed by atoms with Crippen molar-refractivity contribution in [2.45, 2.75) is 58.1 Å². The first-order valence-corrected chi connectivity index (χ1v) is 14.0. The lowest BCUT2D eigenvalue weighted by Gasteiger charge is -2.42. The van der Waals surface area contributed by atoms with E-state index in [4.69, 9.17) is 4.74 Å². The summed E-state index contributed by atoms with van der Waals surface area (Å²) in [6.07, 6.45) is 1.54. The molecule has 7 nitrogen and oxygen atoms in total. The molecule has 0 saturated carbocycles. The minimum absolute atomic E-state index is 0.00189. The molecule has 3 aromatic rings. The number of hydrogen-bond acceptors (Lipinski definition) is 4. The van der Waals surface area contributed by atoms with Crippen molar-refractivity contribution in [2.75, 3.05) is 27.2 Å². The van der Waals surface area contributed by atoms with Gasteiger partial charge in [-0.1, -0.05) is 72.8 Å². The molecule has 1 saturated heterocycles. The van der Waals surface area contributed by atoms with Crippen molar-refractivity contribution in [3.8, 4) is 0 Å². The maximum atomic E-state index is 14.1. The third kappa shape index (κ3) is 6.82. The molecule has 1 heterocycles. The number of nitrogens with zero attached hydrogens (tertiary/aromatic N) is 2. The van der Waals surface area contributed by atoms with Crippen LogP contribution >= 0.6 is 0 Å². The SMILES string of the molecule is CNC(=O)C1(Cc2ccccc2)CCN(C(=O)[C@@H](Cc2ccc3ccccc3c2)N(C)C(=O)OC(C)(C)C)CC1. The topological polar surface area (TPSA) is 79.0 Å². The highest BCUT2D eigenvalue weighted by Crippen LogP contribution is 2.36. The summed E-state index contributed by atoms with van der Waals surface area (Å²) in [7, 11) is 3.30. The van der Waals surface area contributed by atoms with Gasteiger partial charge in [-0.25, -0.2) is 4.79 Å². The Morgan fingerprint density at radius 1 is 0.925 bits per heavy atom. The van der Waals surface area contributed by atoms with Gasteiger partial charge >= 0.3 is 6.09 Å². The number of rotatable bonds is 7. The highest BCUT2D eigenvalue weighted by Gasteiger charge is 2.43. The van der Waals surface area contributed by atoms with E-state index in [1.165, 1.54) is 4.90 Å². The maximum Gasteiger partial charge on any atom is 0.410 e. The summed E-state index contributed by atoms with van der Waals surface area (Å²) in [5, 5.41) is 5.06. The number of piperidine rings is 1. The molecule has 0 aromatic heterocycles. The minimum atomic E-state index is -0.738. The molecule has 3 amide bonds. The Bertz CT molecular complexity index is 1340. The first kappa shape index (κ1) is 29.1. The highest BCUT2D eigenvalue weighted by atomic mass is 16.6. The average Bonchev–Trinajstić information content (AvgIpc) is 2.94. The van der Waals surface area contributed by atoms with E-state index >= 15 is 0 Å². The number of ether oxygens (including phenoxy) is 1. The predicted octanol–water partition coefficient (Wildman–Crippen LogP) is 5.22. The molecule has 4 rings (SSSR count). The van der Waals surface area contributed by atoms with E-state index in [0.717, 1.165) is 21.9 Å². The third-order valence-corrected chi connectivity index (χ3v) is 7.80. The van der Waals surface area contributed by atoms with Crippen molar-refractivity contribution in [1.29, 1.82) is 0 Å². The van der Waals surface area contributed by atoms with Gasteiger partial charge in [-0.05, 0) is 61.9 Å². The molecule has 1 N–H and O–H groups in total. The molecule has 1 fully saturated rings. The summed E-state index contributed by atoms with van der Waals surface area (Å²) in [5.74, 6) is -0.131. The Kier molecular flexibility index (Phi) is 8.82. The van der Waals surface area contributed by atoms with E-state index in [9.17, 15) is 14.4 Å². The summed E-state index contributed by atoms with van der Waals surface area (Å²) in [4.78, 5) is 43.5. The fourth-order valence-electron chi connectivity index (χ4n) is 5.54. The van der Waals surface area contributed by atoms with Crippen LogP contribution in [0.5, 0.6) is 0 Å². The van der Waals surface area contributed by atoms with Crippen molar-refractivity contribution in [3.63, 3.8) is 0 Å². The number of fused-ring (bicyclic) bond motifs is 1. The van der Waals surface area contributed by atoms with E-state index in [1.807, 2.05) is 81.4 Å². The summed E-state index contributed by atoms with van der Waals surface area (Å²) >= 11 is 0. The van der Waals surface area contributed by atoms with Gasteiger partial charge in [0.1, 0.15) is 11.6 Å². The predicted molar refractivity (Wildman–Crippen MR) is 158 cm³/mol. The van der Waals surface area contributed by atoms with Crippen LogP contribution in [0.4, 0.5) is 4.79 Å². The second-order valence-corrected chi connectivity index (χ2v) is 11.8. The van der Waals surface area contributed by atoms with Gasteiger partial charge in [-0.2, -0.15) is 0 Å². The first-order chi connectivity index (χ1) is 19.0. The van der Waals surface area contributed by atoms with Crippen LogP contribution in [0, 0.1) is 5.41 Å². The van der Waals surface area contributed by atoms with E-state index in [0.29, 0.717) is 38.8 Å². The second-order valence-electron chi connectivity index (χ2n) is 11.8. The molecule has 0 spiro atoms. The van der Waals surface area contributed by atoms with Crippen molar-refractivity contribution in [3.05, 3.63) is 83.9 Å². The van der Waals surface area contributed by atoms with E-state index in [1.54, 1.807) is 19.0 Å². The lowest BCUT2D eigenvalue weighted by molar-refractivity contribution is -0.143. The number of amides is 3. The zero-order valence-corrected chi connectivity index (χ0v) is 24.3. The van der Waals surface area contributed by atoms with Crippen molar-refractivity contribution >= 4 is 28.7 Å². The van der Waals surface area contributed by atoms with Crippen LogP contribution in [0.1, 0.15) is 44.7 Å². The largest absolute Gasteiger partial charge is 0.444 e. The molecule has 0 radical (unpaired) electrons. The standard InChI is InChI=1S/C33H41N3O4/c1-32(2,3)40-31(39)35(5)28(22-25-15-16-26-13-9-10-14-27(26)21-25)29(37)36-19-17-33(18-20-36,30(38)34-4)23-24-11-7-6-8-12-24/h6-16,21,28H,17-20,22-23H2,1-5H3,(H,34,38)/t28-/m1/s1. The number of benzene rings is 3. The summed E-state index contributed by atoms with van der Waals surface area (Å²) in [5.41, 5.74) is 0.799. The fraction of sp³-hybridized carbons (Fsp3) is 0.424. The molecule has 1 aliphatic heterocycles. The number of hydrogen-bond donors (Lipinski definition) is 1. The molecule has 7 heteroatoms. The minimum Gasteiger partial charge on any atom is -0.444 e. The zero-order valence-electron chi connectivity index (χ0n) is 24.3. The van der Waals surface area contributed by atoms with Gasteiger partial charge in [-0.3, -0.25) is 14.5 Å². The van der Waals surface area contributed by atoms with Gasteiger partial charge < -0.3 is 15.0 Å². The molecular formula is C33H41N3O4. The fourth-order valence-corrected chi connectivity index (χ4v) is 5.54. The van der Waals surface area contributed by atoms with Crippen LogP contribution in [0.2, 0.25) is 0 Å². The number of nitrogens with one attached hydrogen (secondary N) is 1. The summed E-state index contributed by atoms with van der Waals surface area (Å²) < 4.78 is 5.63. The Balaban J connectivity index is 1.56. The summed E-state index contributed by atoms with van der Waals surface area (Å²) in [6, 6.07) is 23.5. The van der Waals surface area contributed by atoms with E-state index < -0.39 is 23.2 Å². The molecule has 3 aromatic carbocycles. The van der Waals surface area contributed by atoms with Crippen LogP contribution in [0.25, 0.3) is 10.8 Å². The van der Waals surface area contributed by atoms with Crippen LogP contribution in [-0.4, -0.2) is 66.5 Å². The lowest BCUT2D eigenvalue weighted by Crippen LogP contribution is -2.56. The van der Waals surface area contributed by atoms with Gasteiger partial charge in [-0.15, -0.1) is 0 Å². The number of carbonyl (C=O) groups is 3. The number of likely N-dealkylation sites (N-methyl/N-ethyl adjacent to an activating group) is 1. The van der Waals surface area contributed by atoms with Gasteiger partial charge in [0.15, 0.2) is 0 Å². The Hall–Kier alpha value is -3.87. The molecular weight excluding hydrogens is 502 g/mol. The van der Waals surface area contributed by atoms with E-state index in [-0.39, 0.29) is 11.8 Å². The molecule has 1 atom stereocenters. The highest BCUT2D eigenvalue weighted by molar-refractivity contribution is 5.88. The first-order valence-electron chi connectivity index (χ1n) is 14.0. The second kappa shape index (κ2) is 12.1. The molecule has 0 bridgehead atoms. The lowest BCUT2D eigenvalue weighted by atomic mass is 9.73. The average molecular weight is 544 g/mol. The van der Waals surface area contributed by atoms with Crippen LogP contribution in [-0.2, 0) is 27.2 Å². The molecule has 40 heavy (non-hydrogen) atoms. The molecule has 212 valence electrons. The third-order valence-electron chi connectivity index (χ3n) is 7.80. The molecule has 0 unspecified atom stereocenters. The van der Waals surface area contributed by atoms with Gasteiger partial charge in [0, 0.05) is 33.6 Å². The van der Waals surface area contributed by atoms with Crippen LogP contribution in [0.3, 0.4) is 0 Å². The van der Waals surface area contributed by atoms with Crippen molar-refractivity contribution < 1.29 is 19.1 Å². The van der Waals surface area contributed by atoms with Crippen molar-refractivity contribution in [1.82, 2.24) is 15.1 Å². The van der Waals surface area contributed by atoms with E-state index in [2.05, 4.69) is 17.4 Å². The monoisotopic (exact) mass is 543 g/mol. The number of carbonyl (C=O) groups excluding carboxylic acids is 3. The van der Waals surface area contributed by atoms with Gasteiger partial charge in [0.05, 0.1) is 5.41 Å². The Labute approximate surface area is 237 Å². The Morgan fingerprint density at radius 2 is 1.55 bits per heavy atom. The van der Waals surface area contributed by atoms with Gasteiger partial charge in [0.25, 0.3) is 0 Å². The molecule has 0 aliphatic carbocycles. The van der Waals surface area contributed by atoms with Gasteiger partial charge in [0.2, 0.25) is 11.8 Å². The number of likely N-dealkylation sites (tertiary alicyclic amines) is 1. The zero-order chi connectivity index (χ0) is 28.9. The summed E-state index contributed by atoms with van der Waals surface area (Å²) in [6.45, 7) is 6.32. The normalized spacial score (nSPS) is 15.8. The van der Waals surface area contributed by atoms with Crippen LogP contribution < -0.4 is 5.32 Å². The van der Waals surface area contributed by atoms with Crippen LogP contribution in [0.15, 0.2) is 72.8 Å². The molecule has 1 aliphatic rings. The smallest absolute Gasteiger partial charge is 0.410 e. The quantitative estimate of drug-likeness (QED) is 0.444.